The molecular weight excluding hydrogens is 532 g/mol. The molecule has 2 aromatic heterocycles. The molecule has 9 aromatic rings. The lowest BCUT2D eigenvalue weighted by Crippen LogP contribution is -1.95. The molecule has 2 heteroatoms. The van der Waals surface area contributed by atoms with Gasteiger partial charge in [-0.3, -0.25) is 0 Å². The predicted molar refractivity (Wildman–Crippen MR) is 186 cm³/mol. The van der Waals surface area contributed by atoms with Crippen molar-refractivity contribution >= 4 is 43.5 Å². The zero-order valence-electron chi connectivity index (χ0n) is 24.1. The van der Waals surface area contributed by atoms with E-state index in [2.05, 4.69) is 179 Å². The number of hydrogen-bond donors (Lipinski definition) is 0. The van der Waals surface area contributed by atoms with Gasteiger partial charge in [0.2, 0.25) is 0 Å². The van der Waals surface area contributed by atoms with E-state index in [-0.39, 0.29) is 0 Å². The molecule has 9 rings (SSSR count). The summed E-state index contributed by atoms with van der Waals surface area (Å²) in [6.07, 6.45) is 2.21. The normalized spacial score (nSPS) is 11.6. The third-order valence-corrected chi connectivity index (χ3v) is 8.86. The van der Waals surface area contributed by atoms with Crippen LogP contribution in [0.2, 0.25) is 0 Å². The molecule has 2 heterocycles. The lowest BCUT2D eigenvalue weighted by molar-refractivity contribution is 1.13. The maximum Gasteiger partial charge on any atom is 0.0547 e. The molecule has 0 saturated carbocycles. The van der Waals surface area contributed by atoms with E-state index in [4.69, 9.17) is 0 Å². The molecule has 0 atom stereocenters. The average molecular weight is 561 g/mol. The fraction of sp³-hybridized carbons (Fsp3) is 0. The second-order valence-electron chi connectivity index (χ2n) is 11.5. The van der Waals surface area contributed by atoms with Gasteiger partial charge in [-0.1, -0.05) is 97.1 Å². The second kappa shape index (κ2) is 9.86. The third kappa shape index (κ3) is 3.96. The van der Waals surface area contributed by atoms with Crippen molar-refractivity contribution in [1.82, 2.24) is 9.13 Å². The van der Waals surface area contributed by atoms with Gasteiger partial charge in [0.25, 0.3) is 0 Å². The van der Waals surface area contributed by atoms with Crippen LogP contribution in [0.5, 0.6) is 0 Å². The highest BCUT2D eigenvalue weighted by atomic mass is 15.0. The molecule has 44 heavy (non-hydrogen) atoms. The largest absolute Gasteiger partial charge is 0.316 e. The molecule has 0 spiro atoms. The van der Waals surface area contributed by atoms with Gasteiger partial charge in [0.05, 0.1) is 16.6 Å². The van der Waals surface area contributed by atoms with Crippen LogP contribution in [0.3, 0.4) is 0 Å². The zero-order chi connectivity index (χ0) is 29.0. The first-order chi connectivity index (χ1) is 21.8. The van der Waals surface area contributed by atoms with Gasteiger partial charge in [-0.05, 0) is 99.8 Å². The Balaban J connectivity index is 1.27. The molecule has 7 aromatic carbocycles. The number of aromatic nitrogens is 2. The Hall–Kier alpha value is -5.86. The summed E-state index contributed by atoms with van der Waals surface area (Å²) in [4.78, 5) is 0. The number of nitrogens with zero attached hydrogens (tertiary/aromatic N) is 2. The summed E-state index contributed by atoms with van der Waals surface area (Å²) in [6, 6.07) is 59.3. The Labute approximate surface area is 255 Å². The summed E-state index contributed by atoms with van der Waals surface area (Å²) >= 11 is 0. The van der Waals surface area contributed by atoms with Crippen LogP contribution in [0, 0.1) is 0 Å². The Morgan fingerprint density at radius 3 is 1.61 bits per heavy atom. The molecule has 0 aliphatic heterocycles. The minimum absolute atomic E-state index is 1.15. The fourth-order valence-electron chi connectivity index (χ4n) is 6.77. The van der Waals surface area contributed by atoms with E-state index in [9.17, 15) is 0 Å². The average Bonchev–Trinajstić information content (AvgIpc) is 3.65. The SMILES string of the molecule is c1ccc(-c2cc(-c3ccccc3)cc(-n3ccc4cc5cc6c(cc5cc43)c3ccccc3n6-c3ccccc3)c2)cc1. The molecule has 0 bridgehead atoms. The monoisotopic (exact) mass is 560 g/mol. The number of benzene rings is 7. The van der Waals surface area contributed by atoms with Crippen molar-refractivity contribution in [2.24, 2.45) is 0 Å². The molecule has 0 aliphatic rings. The highest BCUT2D eigenvalue weighted by Crippen LogP contribution is 2.37. The quantitative estimate of drug-likeness (QED) is 0.203. The number of para-hydroxylation sites is 2. The van der Waals surface area contributed by atoms with Crippen molar-refractivity contribution in [2.75, 3.05) is 0 Å². The van der Waals surface area contributed by atoms with E-state index in [1.54, 1.807) is 0 Å². The van der Waals surface area contributed by atoms with E-state index in [0.29, 0.717) is 0 Å². The van der Waals surface area contributed by atoms with Gasteiger partial charge in [0, 0.05) is 33.7 Å². The van der Waals surface area contributed by atoms with Crippen molar-refractivity contribution in [2.45, 2.75) is 0 Å². The first-order valence-corrected chi connectivity index (χ1v) is 15.1. The molecule has 2 nitrogen and oxygen atoms in total. The maximum absolute atomic E-state index is 2.39. The van der Waals surface area contributed by atoms with Crippen LogP contribution in [-0.4, -0.2) is 9.13 Å². The summed E-state index contributed by atoms with van der Waals surface area (Å²) in [5.74, 6) is 0. The maximum atomic E-state index is 2.39. The highest BCUT2D eigenvalue weighted by Gasteiger charge is 2.15. The molecule has 0 aliphatic carbocycles. The van der Waals surface area contributed by atoms with Crippen LogP contribution in [0.15, 0.2) is 170 Å². The standard InChI is InChI=1S/C42H28N2/c1-4-12-29(13-5-1)32-23-33(30-14-6-2-7-15-30)25-37(24-32)43-21-20-31-22-34-28-42-39(26-35(34)27-41(31)43)38-18-10-11-19-40(38)44(42)36-16-8-3-9-17-36/h1-28H. The molecule has 0 unspecified atom stereocenters. The summed E-state index contributed by atoms with van der Waals surface area (Å²) < 4.78 is 4.73. The Morgan fingerprint density at radius 2 is 0.909 bits per heavy atom. The molecule has 0 fully saturated rings. The van der Waals surface area contributed by atoms with E-state index in [1.807, 2.05) is 0 Å². The topological polar surface area (TPSA) is 9.86 Å². The van der Waals surface area contributed by atoms with Crippen molar-refractivity contribution in [3.8, 4) is 33.6 Å². The number of hydrogen-bond acceptors (Lipinski definition) is 0. The Kier molecular flexibility index (Phi) is 5.54. The van der Waals surface area contributed by atoms with Gasteiger partial charge in [0.15, 0.2) is 0 Å². The van der Waals surface area contributed by atoms with Crippen LogP contribution in [0.1, 0.15) is 0 Å². The molecule has 0 saturated heterocycles. The van der Waals surface area contributed by atoms with Crippen molar-refractivity contribution in [1.29, 1.82) is 0 Å². The fourth-order valence-corrected chi connectivity index (χ4v) is 6.77. The lowest BCUT2D eigenvalue weighted by Gasteiger charge is -2.13. The smallest absolute Gasteiger partial charge is 0.0547 e. The Bertz CT molecular complexity index is 2410. The lowest BCUT2D eigenvalue weighted by atomic mass is 9.98. The Morgan fingerprint density at radius 1 is 0.318 bits per heavy atom. The predicted octanol–water partition coefficient (Wildman–Crippen LogP) is 11.2. The van der Waals surface area contributed by atoms with Crippen LogP contribution in [0.25, 0.3) is 77.1 Å². The first-order valence-electron chi connectivity index (χ1n) is 15.1. The number of fused-ring (bicyclic) bond motifs is 5. The van der Waals surface area contributed by atoms with Crippen LogP contribution in [-0.2, 0) is 0 Å². The van der Waals surface area contributed by atoms with E-state index >= 15 is 0 Å². The van der Waals surface area contributed by atoms with E-state index in [0.717, 1.165) is 5.69 Å². The summed E-state index contributed by atoms with van der Waals surface area (Å²) in [5, 5.41) is 6.25. The summed E-state index contributed by atoms with van der Waals surface area (Å²) in [6.45, 7) is 0. The van der Waals surface area contributed by atoms with Gasteiger partial charge >= 0.3 is 0 Å². The first kappa shape index (κ1) is 24.7. The van der Waals surface area contributed by atoms with Gasteiger partial charge in [0.1, 0.15) is 0 Å². The van der Waals surface area contributed by atoms with Crippen LogP contribution in [0.4, 0.5) is 0 Å². The van der Waals surface area contributed by atoms with Crippen LogP contribution >= 0.6 is 0 Å². The van der Waals surface area contributed by atoms with Crippen LogP contribution < -0.4 is 0 Å². The minimum atomic E-state index is 1.15. The van der Waals surface area contributed by atoms with Gasteiger partial charge in [-0.15, -0.1) is 0 Å². The van der Waals surface area contributed by atoms with E-state index in [1.165, 1.54) is 71.4 Å². The van der Waals surface area contributed by atoms with Gasteiger partial charge < -0.3 is 9.13 Å². The van der Waals surface area contributed by atoms with Gasteiger partial charge in [-0.25, -0.2) is 0 Å². The molecule has 0 N–H and O–H groups in total. The van der Waals surface area contributed by atoms with Crippen molar-refractivity contribution in [3.63, 3.8) is 0 Å². The molecule has 0 amide bonds. The highest BCUT2D eigenvalue weighted by molar-refractivity contribution is 6.15. The molecule has 0 radical (unpaired) electrons. The number of rotatable bonds is 4. The van der Waals surface area contributed by atoms with Crippen molar-refractivity contribution in [3.05, 3.63) is 170 Å². The zero-order valence-corrected chi connectivity index (χ0v) is 24.1. The second-order valence-corrected chi connectivity index (χ2v) is 11.5. The van der Waals surface area contributed by atoms with E-state index < -0.39 is 0 Å². The minimum Gasteiger partial charge on any atom is -0.316 e. The summed E-state index contributed by atoms with van der Waals surface area (Å²) in [5.41, 5.74) is 10.8. The molecular formula is C42H28N2. The third-order valence-electron chi connectivity index (χ3n) is 8.86. The summed E-state index contributed by atoms with van der Waals surface area (Å²) in [7, 11) is 0. The molecule has 206 valence electrons. The van der Waals surface area contributed by atoms with Crippen molar-refractivity contribution < 1.29 is 0 Å². The van der Waals surface area contributed by atoms with Gasteiger partial charge in [-0.2, -0.15) is 0 Å².